The van der Waals surface area contributed by atoms with Crippen LogP contribution in [0.5, 0.6) is 0 Å². The normalized spacial score (nSPS) is 28.3. The Bertz CT molecular complexity index is 402. The third-order valence-electron chi connectivity index (χ3n) is 4.30. The summed E-state index contributed by atoms with van der Waals surface area (Å²) in [7, 11) is 0. The molecule has 1 aromatic rings. The molecule has 18 heavy (non-hydrogen) atoms. The molecule has 1 fully saturated rings. The van der Waals surface area contributed by atoms with Gasteiger partial charge in [-0.2, -0.15) is 0 Å². The molecule has 0 bridgehead atoms. The van der Waals surface area contributed by atoms with E-state index in [-0.39, 0.29) is 5.82 Å². The molecule has 1 N–H and O–H groups in total. The SMILES string of the molecule is Cc1ccc(F)cc1CNC1CCC(C)CC1C. The molecule has 1 aromatic carbocycles. The van der Waals surface area contributed by atoms with Crippen LogP contribution in [0.3, 0.4) is 0 Å². The second-order valence-corrected chi connectivity index (χ2v) is 5.95. The standard InChI is InChI=1S/C16H24FN/c1-11-4-7-16(13(3)8-11)18-10-14-9-15(17)6-5-12(14)2/h5-6,9,11,13,16,18H,4,7-8,10H2,1-3H3. The van der Waals surface area contributed by atoms with E-state index in [9.17, 15) is 4.39 Å². The molecular formula is C16H24FN. The second-order valence-electron chi connectivity index (χ2n) is 5.95. The van der Waals surface area contributed by atoms with Crippen LogP contribution in [0.4, 0.5) is 4.39 Å². The van der Waals surface area contributed by atoms with Crippen LogP contribution in [0.1, 0.15) is 44.2 Å². The summed E-state index contributed by atoms with van der Waals surface area (Å²) in [4.78, 5) is 0. The monoisotopic (exact) mass is 249 g/mol. The van der Waals surface area contributed by atoms with Crippen molar-refractivity contribution in [2.24, 2.45) is 11.8 Å². The molecule has 100 valence electrons. The first-order valence-corrected chi connectivity index (χ1v) is 7.04. The van der Waals surface area contributed by atoms with Crippen molar-refractivity contribution in [2.45, 2.75) is 52.6 Å². The molecule has 2 heteroatoms. The first kappa shape index (κ1) is 13.5. The molecule has 3 atom stereocenters. The van der Waals surface area contributed by atoms with Crippen LogP contribution >= 0.6 is 0 Å². The molecule has 0 saturated heterocycles. The quantitative estimate of drug-likeness (QED) is 0.852. The van der Waals surface area contributed by atoms with E-state index in [0.717, 1.165) is 23.9 Å². The van der Waals surface area contributed by atoms with Crippen LogP contribution in [-0.2, 0) is 6.54 Å². The lowest BCUT2D eigenvalue weighted by Gasteiger charge is -2.33. The van der Waals surface area contributed by atoms with Crippen molar-refractivity contribution in [2.75, 3.05) is 0 Å². The molecule has 0 heterocycles. The molecule has 1 aliphatic rings. The minimum atomic E-state index is -0.136. The summed E-state index contributed by atoms with van der Waals surface area (Å²) in [5.41, 5.74) is 2.25. The number of aryl methyl sites for hydroxylation is 1. The number of hydrogen-bond donors (Lipinski definition) is 1. The first-order valence-electron chi connectivity index (χ1n) is 7.04. The van der Waals surface area contributed by atoms with Crippen molar-refractivity contribution in [3.8, 4) is 0 Å². The Labute approximate surface area is 110 Å². The highest BCUT2D eigenvalue weighted by molar-refractivity contribution is 5.26. The maximum absolute atomic E-state index is 13.2. The lowest BCUT2D eigenvalue weighted by molar-refractivity contribution is 0.227. The second kappa shape index (κ2) is 5.83. The van der Waals surface area contributed by atoms with E-state index in [0.29, 0.717) is 6.04 Å². The zero-order valence-corrected chi connectivity index (χ0v) is 11.7. The minimum absolute atomic E-state index is 0.136. The fraction of sp³-hybridized carbons (Fsp3) is 0.625. The Balaban J connectivity index is 1.93. The van der Waals surface area contributed by atoms with Gasteiger partial charge < -0.3 is 5.32 Å². The number of hydrogen-bond acceptors (Lipinski definition) is 1. The lowest BCUT2D eigenvalue weighted by Crippen LogP contribution is -2.38. The molecule has 1 nitrogen and oxygen atoms in total. The topological polar surface area (TPSA) is 12.0 Å². The molecule has 1 aliphatic carbocycles. The predicted molar refractivity (Wildman–Crippen MR) is 73.9 cm³/mol. The van der Waals surface area contributed by atoms with E-state index in [1.807, 2.05) is 13.0 Å². The zero-order valence-electron chi connectivity index (χ0n) is 11.7. The Kier molecular flexibility index (Phi) is 4.39. The number of nitrogens with one attached hydrogen (secondary N) is 1. The predicted octanol–water partition coefficient (Wildman–Crippen LogP) is 4.05. The highest BCUT2D eigenvalue weighted by atomic mass is 19.1. The molecule has 0 aliphatic heterocycles. The van der Waals surface area contributed by atoms with Gasteiger partial charge in [0, 0.05) is 12.6 Å². The van der Waals surface area contributed by atoms with Gasteiger partial charge >= 0.3 is 0 Å². The summed E-state index contributed by atoms with van der Waals surface area (Å²) >= 11 is 0. The van der Waals surface area contributed by atoms with Crippen molar-refractivity contribution in [1.82, 2.24) is 5.32 Å². The molecule has 1 saturated carbocycles. The maximum atomic E-state index is 13.2. The van der Waals surface area contributed by atoms with E-state index < -0.39 is 0 Å². The third kappa shape index (κ3) is 3.32. The Morgan fingerprint density at radius 3 is 2.78 bits per heavy atom. The average molecular weight is 249 g/mol. The maximum Gasteiger partial charge on any atom is 0.123 e. The van der Waals surface area contributed by atoms with Crippen LogP contribution in [0.15, 0.2) is 18.2 Å². The molecule has 0 radical (unpaired) electrons. The molecule has 0 amide bonds. The lowest BCUT2D eigenvalue weighted by atomic mass is 9.80. The van der Waals surface area contributed by atoms with Crippen LogP contribution in [-0.4, -0.2) is 6.04 Å². The van der Waals surface area contributed by atoms with Gasteiger partial charge in [0.15, 0.2) is 0 Å². The van der Waals surface area contributed by atoms with Gasteiger partial charge in [0.05, 0.1) is 0 Å². The van der Waals surface area contributed by atoms with Crippen molar-refractivity contribution < 1.29 is 4.39 Å². The molecule has 2 rings (SSSR count). The Morgan fingerprint density at radius 2 is 2.06 bits per heavy atom. The number of rotatable bonds is 3. The average Bonchev–Trinajstić information content (AvgIpc) is 2.32. The summed E-state index contributed by atoms with van der Waals surface area (Å²) in [6, 6.07) is 5.63. The minimum Gasteiger partial charge on any atom is -0.310 e. The number of halogens is 1. The Morgan fingerprint density at radius 1 is 1.28 bits per heavy atom. The summed E-state index contributed by atoms with van der Waals surface area (Å²) in [5.74, 6) is 1.44. The summed E-state index contributed by atoms with van der Waals surface area (Å²) in [5, 5.41) is 3.61. The van der Waals surface area contributed by atoms with Gasteiger partial charge in [-0.15, -0.1) is 0 Å². The van der Waals surface area contributed by atoms with Crippen molar-refractivity contribution in [3.05, 3.63) is 35.1 Å². The Hall–Kier alpha value is -0.890. The van der Waals surface area contributed by atoms with Crippen LogP contribution in [0.2, 0.25) is 0 Å². The highest BCUT2D eigenvalue weighted by Gasteiger charge is 2.24. The van der Waals surface area contributed by atoms with E-state index in [2.05, 4.69) is 19.2 Å². The van der Waals surface area contributed by atoms with E-state index in [1.54, 1.807) is 6.07 Å². The fourth-order valence-electron chi connectivity index (χ4n) is 3.04. The van der Waals surface area contributed by atoms with Gasteiger partial charge in [0.2, 0.25) is 0 Å². The van der Waals surface area contributed by atoms with Gasteiger partial charge in [-0.25, -0.2) is 4.39 Å². The first-order chi connectivity index (χ1) is 8.56. The van der Waals surface area contributed by atoms with Crippen LogP contribution in [0.25, 0.3) is 0 Å². The van der Waals surface area contributed by atoms with Gasteiger partial charge in [0.1, 0.15) is 5.82 Å². The number of benzene rings is 1. The summed E-state index contributed by atoms with van der Waals surface area (Å²) in [6.07, 6.45) is 3.86. The van der Waals surface area contributed by atoms with Gasteiger partial charge in [-0.3, -0.25) is 0 Å². The highest BCUT2D eigenvalue weighted by Crippen LogP contribution is 2.28. The van der Waals surface area contributed by atoms with Crippen molar-refractivity contribution in [1.29, 1.82) is 0 Å². The zero-order chi connectivity index (χ0) is 13.1. The fourth-order valence-corrected chi connectivity index (χ4v) is 3.04. The molecular weight excluding hydrogens is 225 g/mol. The summed E-state index contributed by atoms with van der Waals surface area (Å²) < 4.78 is 13.2. The molecule has 0 spiro atoms. The third-order valence-corrected chi connectivity index (χ3v) is 4.30. The van der Waals surface area contributed by atoms with Gasteiger partial charge in [-0.05, 0) is 61.3 Å². The van der Waals surface area contributed by atoms with E-state index in [1.165, 1.54) is 30.9 Å². The largest absolute Gasteiger partial charge is 0.310 e. The van der Waals surface area contributed by atoms with Crippen molar-refractivity contribution in [3.63, 3.8) is 0 Å². The smallest absolute Gasteiger partial charge is 0.123 e. The molecule has 3 unspecified atom stereocenters. The van der Waals surface area contributed by atoms with Crippen LogP contribution < -0.4 is 5.32 Å². The van der Waals surface area contributed by atoms with Crippen molar-refractivity contribution >= 4 is 0 Å². The van der Waals surface area contributed by atoms with Crippen LogP contribution in [0, 0.1) is 24.6 Å². The summed E-state index contributed by atoms with van der Waals surface area (Å²) in [6.45, 7) is 7.49. The van der Waals surface area contributed by atoms with E-state index >= 15 is 0 Å². The molecule has 0 aromatic heterocycles. The van der Waals surface area contributed by atoms with Gasteiger partial charge in [0.25, 0.3) is 0 Å². The van der Waals surface area contributed by atoms with Gasteiger partial charge in [-0.1, -0.05) is 19.9 Å². The van der Waals surface area contributed by atoms with E-state index in [4.69, 9.17) is 0 Å².